The molecule has 2 aromatic carbocycles. The molecule has 150 valence electrons. The van der Waals surface area contributed by atoms with Gasteiger partial charge in [0.15, 0.2) is 0 Å². The molecule has 1 saturated heterocycles. The Morgan fingerprint density at radius 1 is 1.21 bits per heavy atom. The summed E-state index contributed by atoms with van der Waals surface area (Å²) in [6, 6.07) is 14.7. The van der Waals surface area contributed by atoms with Crippen LogP contribution >= 0.6 is 0 Å². The second kappa shape index (κ2) is 7.62. The van der Waals surface area contributed by atoms with Gasteiger partial charge in [0.25, 0.3) is 0 Å². The summed E-state index contributed by atoms with van der Waals surface area (Å²) < 4.78 is 5.69. The van der Waals surface area contributed by atoms with Gasteiger partial charge < -0.3 is 19.5 Å². The molecule has 2 heterocycles. The van der Waals surface area contributed by atoms with Gasteiger partial charge in [0, 0.05) is 31.2 Å². The number of furan rings is 1. The minimum absolute atomic E-state index is 0.0109. The quantitative estimate of drug-likeness (QED) is 0.720. The average molecular weight is 391 g/mol. The highest BCUT2D eigenvalue weighted by atomic mass is 16.3. The third-order valence-electron chi connectivity index (χ3n) is 5.70. The molecule has 0 radical (unpaired) electrons. The molecule has 1 atom stereocenters. The number of amides is 3. The van der Waals surface area contributed by atoms with Crippen molar-refractivity contribution in [2.45, 2.75) is 32.9 Å². The highest BCUT2D eigenvalue weighted by Gasteiger charge is 2.36. The van der Waals surface area contributed by atoms with Crippen LogP contribution in [0.4, 0.5) is 10.5 Å². The molecule has 1 N–H and O–H groups in total. The maximum absolute atomic E-state index is 12.8. The zero-order valence-corrected chi connectivity index (χ0v) is 16.9. The summed E-state index contributed by atoms with van der Waals surface area (Å²) in [7, 11) is 1.68. The second-order valence-electron chi connectivity index (χ2n) is 7.59. The van der Waals surface area contributed by atoms with Crippen LogP contribution in [-0.2, 0) is 11.3 Å². The lowest BCUT2D eigenvalue weighted by molar-refractivity contribution is -0.131. The van der Waals surface area contributed by atoms with Gasteiger partial charge in [-0.2, -0.15) is 0 Å². The van der Waals surface area contributed by atoms with Gasteiger partial charge in [-0.15, -0.1) is 0 Å². The van der Waals surface area contributed by atoms with Crippen LogP contribution < -0.4 is 5.32 Å². The Bertz CT molecular complexity index is 1060. The topological polar surface area (TPSA) is 65.8 Å². The number of aryl methyl sites for hydroxylation is 2. The molecule has 4 rings (SSSR count). The fourth-order valence-electron chi connectivity index (χ4n) is 3.82. The molecule has 0 spiro atoms. The Balaban J connectivity index is 1.43. The molecule has 0 aliphatic carbocycles. The average Bonchev–Trinajstić information content (AvgIpc) is 3.22. The van der Waals surface area contributed by atoms with Crippen LogP contribution in [0, 0.1) is 13.8 Å². The predicted octanol–water partition coefficient (Wildman–Crippen LogP) is 4.31. The van der Waals surface area contributed by atoms with E-state index in [1.807, 2.05) is 67.3 Å². The van der Waals surface area contributed by atoms with Crippen molar-refractivity contribution >= 4 is 28.6 Å². The normalized spacial score (nSPS) is 16.4. The first kappa shape index (κ1) is 19.1. The van der Waals surface area contributed by atoms with Crippen molar-refractivity contribution in [3.05, 3.63) is 65.4 Å². The van der Waals surface area contributed by atoms with Gasteiger partial charge in [0.05, 0.1) is 0 Å². The SMILES string of the molecule is Cc1oc2ccc(NC(=O)N(C)[C@H]3CCN(Cc4ccccc4)C3=O)cc2c1C. The summed E-state index contributed by atoms with van der Waals surface area (Å²) in [5, 5.41) is 3.89. The lowest BCUT2D eigenvalue weighted by Gasteiger charge is -2.24. The Morgan fingerprint density at radius 2 is 1.97 bits per heavy atom. The van der Waals surface area contributed by atoms with Crippen molar-refractivity contribution in [3.8, 4) is 0 Å². The molecule has 6 heteroatoms. The van der Waals surface area contributed by atoms with Crippen LogP contribution in [0.25, 0.3) is 11.0 Å². The summed E-state index contributed by atoms with van der Waals surface area (Å²) in [6.45, 7) is 5.14. The molecule has 1 aliphatic rings. The van der Waals surface area contributed by atoms with E-state index in [0.29, 0.717) is 25.2 Å². The minimum atomic E-state index is -0.444. The first-order valence-electron chi connectivity index (χ1n) is 9.80. The Morgan fingerprint density at radius 3 is 2.72 bits per heavy atom. The minimum Gasteiger partial charge on any atom is -0.461 e. The number of carbonyl (C=O) groups excluding carboxylic acids is 2. The lowest BCUT2D eigenvalue weighted by Crippen LogP contribution is -2.44. The van der Waals surface area contributed by atoms with Gasteiger partial charge in [0.2, 0.25) is 5.91 Å². The third kappa shape index (κ3) is 3.70. The molecular formula is C23H25N3O3. The van der Waals surface area contributed by atoms with E-state index in [-0.39, 0.29) is 11.9 Å². The maximum Gasteiger partial charge on any atom is 0.322 e. The van der Waals surface area contributed by atoms with Gasteiger partial charge in [0.1, 0.15) is 17.4 Å². The Kier molecular flexibility index (Phi) is 5.01. The number of nitrogens with one attached hydrogen (secondary N) is 1. The molecule has 29 heavy (non-hydrogen) atoms. The number of fused-ring (bicyclic) bond motifs is 1. The smallest absolute Gasteiger partial charge is 0.322 e. The molecule has 6 nitrogen and oxygen atoms in total. The van der Waals surface area contributed by atoms with Crippen molar-refractivity contribution in [1.82, 2.24) is 9.80 Å². The maximum atomic E-state index is 12.8. The highest BCUT2D eigenvalue weighted by Crippen LogP contribution is 2.27. The van der Waals surface area contributed by atoms with Gasteiger partial charge in [-0.05, 0) is 49.6 Å². The number of hydrogen-bond donors (Lipinski definition) is 1. The summed E-state index contributed by atoms with van der Waals surface area (Å²) in [5.41, 5.74) is 3.64. The number of nitrogens with zero attached hydrogens (tertiary/aromatic N) is 2. The molecule has 0 unspecified atom stereocenters. The van der Waals surface area contributed by atoms with E-state index in [1.165, 1.54) is 4.90 Å². The zero-order chi connectivity index (χ0) is 20.5. The predicted molar refractivity (Wildman–Crippen MR) is 113 cm³/mol. The Labute approximate surface area is 170 Å². The highest BCUT2D eigenvalue weighted by molar-refractivity contribution is 5.96. The summed E-state index contributed by atoms with van der Waals surface area (Å²) >= 11 is 0. The second-order valence-corrected chi connectivity index (χ2v) is 7.59. The zero-order valence-electron chi connectivity index (χ0n) is 16.9. The van der Waals surface area contributed by atoms with E-state index >= 15 is 0 Å². The van der Waals surface area contributed by atoms with E-state index in [9.17, 15) is 9.59 Å². The molecule has 0 saturated carbocycles. The standard InChI is InChI=1S/C23H25N3O3/c1-15-16(2)29-21-10-9-18(13-19(15)21)24-23(28)25(3)20-11-12-26(22(20)27)14-17-7-5-4-6-8-17/h4-10,13,20H,11-12,14H2,1-3H3,(H,24,28)/t20-/m0/s1. The van der Waals surface area contributed by atoms with Gasteiger partial charge >= 0.3 is 6.03 Å². The number of carbonyl (C=O) groups is 2. The fourth-order valence-corrected chi connectivity index (χ4v) is 3.82. The van der Waals surface area contributed by atoms with Crippen molar-refractivity contribution < 1.29 is 14.0 Å². The number of anilines is 1. The van der Waals surface area contributed by atoms with Crippen LogP contribution in [0.2, 0.25) is 0 Å². The van der Waals surface area contributed by atoms with Crippen molar-refractivity contribution in [3.63, 3.8) is 0 Å². The van der Waals surface area contributed by atoms with Crippen LogP contribution in [0.15, 0.2) is 52.9 Å². The number of benzene rings is 2. The van der Waals surface area contributed by atoms with Crippen LogP contribution in [0.3, 0.4) is 0 Å². The molecule has 1 aliphatic heterocycles. The summed E-state index contributed by atoms with van der Waals surface area (Å²) in [6.07, 6.45) is 0.634. The number of likely N-dealkylation sites (N-methyl/N-ethyl adjacent to an activating group) is 1. The fraction of sp³-hybridized carbons (Fsp3) is 0.304. The number of likely N-dealkylation sites (tertiary alicyclic amines) is 1. The van der Waals surface area contributed by atoms with Crippen molar-refractivity contribution in [2.24, 2.45) is 0 Å². The van der Waals surface area contributed by atoms with Gasteiger partial charge in [-0.25, -0.2) is 4.79 Å². The number of hydrogen-bond acceptors (Lipinski definition) is 3. The molecule has 3 aromatic rings. The van der Waals surface area contributed by atoms with E-state index in [0.717, 1.165) is 27.9 Å². The van der Waals surface area contributed by atoms with Crippen LogP contribution in [0.5, 0.6) is 0 Å². The van der Waals surface area contributed by atoms with Gasteiger partial charge in [-0.3, -0.25) is 4.79 Å². The summed E-state index contributed by atoms with van der Waals surface area (Å²) in [4.78, 5) is 28.9. The monoisotopic (exact) mass is 391 g/mol. The molecule has 3 amide bonds. The third-order valence-corrected chi connectivity index (χ3v) is 5.70. The lowest BCUT2D eigenvalue weighted by atomic mass is 10.1. The van der Waals surface area contributed by atoms with E-state index in [4.69, 9.17) is 4.42 Å². The number of rotatable bonds is 4. The van der Waals surface area contributed by atoms with Crippen LogP contribution in [0.1, 0.15) is 23.3 Å². The first-order valence-corrected chi connectivity index (χ1v) is 9.80. The van der Waals surface area contributed by atoms with E-state index in [1.54, 1.807) is 7.05 Å². The van der Waals surface area contributed by atoms with E-state index < -0.39 is 6.04 Å². The molecular weight excluding hydrogens is 366 g/mol. The first-order chi connectivity index (χ1) is 13.9. The molecule has 1 aromatic heterocycles. The van der Waals surface area contributed by atoms with E-state index in [2.05, 4.69) is 5.32 Å². The van der Waals surface area contributed by atoms with Crippen LogP contribution in [-0.4, -0.2) is 41.4 Å². The number of urea groups is 1. The molecule has 0 bridgehead atoms. The van der Waals surface area contributed by atoms with Crippen molar-refractivity contribution in [1.29, 1.82) is 0 Å². The largest absolute Gasteiger partial charge is 0.461 e. The molecule has 1 fully saturated rings. The van der Waals surface area contributed by atoms with Crippen molar-refractivity contribution in [2.75, 3.05) is 18.9 Å². The summed E-state index contributed by atoms with van der Waals surface area (Å²) in [5.74, 6) is 0.860. The Hall–Kier alpha value is -3.28. The van der Waals surface area contributed by atoms with Gasteiger partial charge in [-0.1, -0.05) is 30.3 Å².